The van der Waals surface area contributed by atoms with E-state index < -0.39 is 6.10 Å². The van der Waals surface area contributed by atoms with E-state index in [-0.39, 0.29) is 12.6 Å². The molecule has 1 rings (SSSR count). The molecule has 0 aliphatic carbocycles. The molecule has 0 aliphatic rings. The van der Waals surface area contributed by atoms with Crippen LogP contribution in [0.25, 0.3) is 0 Å². The highest BCUT2D eigenvalue weighted by Gasteiger charge is 2.13. The summed E-state index contributed by atoms with van der Waals surface area (Å²) in [7, 11) is 0. The molecule has 4 nitrogen and oxygen atoms in total. The minimum atomic E-state index is -0.693. The van der Waals surface area contributed by atoms with Gasteiger partial charge in [0.1, 0.15) is 0 Å². The van der Waals surface area contributed by atoms with E-state index in [2.05, 4.69) is 10.3 Å². The van der Waals surface area contributed by atoms with Crippen molar-refractivity contribution in [1.82, 2.24) is 10.3 Å². The zero-order valence-electron chi connectivity index (χ0n) is 9.32. The molecule has 0 bridgehead atoms. The molecule has 0 fully saturated rings. The van der Waals surface area contributed by atoms with E-state index >= 15 is 0 Å². The van der Waals surface area contributed by atoms with Gasteiger partial charge in [0.2, 0.25) is 0 Å². The molecule has 0 amide bonds. The van der Waals surface area contributed by atoms with Gasteiger partial charge in [-0.3, -0.25) is 0 Å². The van der Waals surface area contributed by atoms with Crippen LogP contribution in [0.2, 0.25) is 0 Å². The fraction of sp³-hybridized carbons (Fsp3) is 0.700. The summed E-state index contributed by atoms with van der Waals surface area (Å²) in [5.74, 6) is 0. The van der Waals surface area contributed by atoms with Gasteiger partial charge >= 0.3 is 0 Å². The maximum absolute atomic E-state index is 9.20. The lowest BCUT2D eigenvalue weighted by Crippen LogP contribution is -2.31. The van der Waals surface area contributed by atoms with Gasteiger partial charge in [0, 0.05) is 17.5 Å². The number of hydrogen-bond donors (Lipinski definition) is 3. The van der Waals surface area contributed by atoms with E-state index in [1.807, 2.05) is 20.8 Å². The lowest BCUT2D eigenvalue weighted by molar-refractivity contribution is 0.0924. The van der Waals surface area contributed by atoms with E-state index in [0.29, 0.717) is 6.54 Å². The number of nitrogens with one attached hydrogen (secondary N) is 1. The average molecular weight is 230 g/mol. The molecule has 1 aromatic rings. The lowest BCUT2D eigenvalue weighted by atomic mass is 10.2. The average Bonchev–Trinajstić information content (AvgIpc) is 2.53. The van der Waals surface area contributed by atoms with Crippen LogP contribution in [0.5, 0.6) is 0 Å². The molecule has 0 saturated carbocycles. The molecular weight excluding hydrogens is 212 g/mol. The Kier molecular flexibility index (Phi) is 4.66. The van der Waals surface area contributed by atoms with E-state index in [4.69, 9.17) is 5.11 Å². The van der Waals surface area contributed by atoms with Crippen LogP contribution in [-0.2, 0) is 0 Å². The molecule has 86 valence electrons. The van der Waals surface area contributed by atoms with E-state index in [1.165, 1.54) is 4.88 Å². The molecule has 1 heterocycles. The zero-order valence-corrected chi connectivity index (χ0v) is 10.1. The molecule has 1 aromatic heterocycles. The second kappa shape index (κ2) is 5.55. The van der Waals surface area contributed by atoms with Gasteiger partial charge in [-0.05, 0) is 20.8 Å². The lowest BCUT2D eigenvalue weighted by Gasteiger charge is -2.15. The van der Waals surface area contributed by atoms with Crippen molar-refractivity contribution in [3.63, 3.8) is 0 Å². The van der Waals surface area contributed by atoms with Gasteiger partial charge in [-0.15, -0.1) is 11.3 Å². The van der Waals surface area contributed by atoms with Crippen molar-refractivity contribution >= 4 is 11.3 Å². The SMILES string of the molecule is Cc1nc(C)c(C(C)NC[C@H](O)CO)s1. The second-order valence-corrected chi connectivity index (χ2v) is 4.88. The van der Waals surface area contributed by atoms with Gasteiger partial charge in [-0.25, -0.2) is 4.98 Å². The van der Waals surface area contributed by atoms with Gasteiger partial charge in [0.15, 0.2) is 0 Å². The predicted octanol–water partition coefficient (Wildman–Crippen LogP) is 0.764. The summed E-state index contributed by atoms with van der Waals surface area (Å²) in [6.07, 6.45) is -0.693. The molecule has 5 heteroatoms. The molecule has 0 aromatic carbocycles. The topological polar surface area (TPSA) is 65.4 Å². The molecular formula is C10H18N2O2S. The van der Waals surface area contributed by atoms with Crippen LogP contribution < -0.4 is 5.32 Å². The molecule has 2 atom stereocenters. The fourth-order valence-electron chi connectivity index (χ4n) is 1.42. The summed E-state index contributed by atoms with van der Waals surface area (Å²) in [6.45, 7) is 6.19. The first-order chi connectivity index (χ1) is 7.04. The number of thiazole rings is 1. The van der Waals surface area contributed by atoms with Crippen LogP contribution in [0.15, 0.2) is 0 Å². The maximum atomic E-state index is 9.20. The van der Waals surface area contributed by atoms with Crippen molar-refractivity contribution in [3.8, 4) is 0 Å². The highest BCUT2D eigenvalue weighted by Crippen LogP contribution is 2.24. The van der Waals surface area contributed by atoms with Crippen LogP contribution in [-0.4, -0.2) is 34.5 Å². The van der Waals surface area contributed by atoms with E-state index in [9.17, 15) is 5.11 Å². The van der Waals surface area contributed by atoms with Crippen LogP contribution in [0.3, 0.4) is 0 Å². The molecule has 15 heavy (non-hydrogen) atoms. The first-order valence-electron chi connectivity index (χ1n) is 5.00. The standard InChI is InChI=1S/C10H18N2O2S/c1-6(11-4-9(14)5-13)10-7(2)12-8(3)15-10/h6,9,11,13-14H,4-5H2,1-3H3/t6?,9-/m0/s1. The fourth-order valence-corrected chi connectivity index (χ4v) is 2.37. The Hall–Kier alpha value is -0.490. The Bertz CT molecular complexity index is 314. The van der Waals surface area contributed by atoms with Gasteiger partial charge in [-0.2, -0.15) is 0 Å². The van der Waals surface area contributed by atoms with Crippen molar-refractivity contribution in [3.05, 3.63) is 15.6 Å². The van der Waals surface area contributed by atoms with Crippen LogP contribution in [0.4, 0.5) is 0 Å². The third-order valence-corrected chi connectivity index (χ3v) is 3.46. The smallest absolute Gasteiger partial charge is 0.0900 e. The van der Waals surface area contributed by atoms with Crippen molar-refractivity contribution in [2.24, 2.45) is 0 Å². The number of aryl methyl sites for hydroxylation is 2. The first kappa shape index (κ1) is 12.6. The number of nitrogens with zero attached hydrogens (tertiary/aromatic N) is 1. The monoisotopic (exact) mass is 230 g/mol. The number of aliphatic hydroxyl groups excluding tert-OH is 2. The summed E-state index contributed by atoms with van der Waals surface area (Å²) in [5.41, 5.74) is 1.04. The van der Waals surface area contributed by atoms with Gasteiger partial charge < -0.3 is 15.5 Å². The number of aliphatic hydroxyl groups is 2. The Labute approximate surface area is 94.0 Å². The molecule has 0 spiro atoms. The molecule has 0 aliphatic heterocycles. The van der Waals surface area contributed by atoms with Crippen LogP contribution in [0.1, 0.15) is 28.5 Å². The van der Waals surface area contributed by atoms with Crippen LogP contribution in [0, 0.1) is 13.8 Å². The third kappa shape index (κ3) is 3.53. The Morgan fingerprint density at radius 1 is 1.47 bits per heavy atom. The first-order valence-corrected chi connectivity index (χ1v) is 5.82. The minimum Gasteiger partial charge on any atom is -0.394 e. The minimum absolute atomic E-state index is 0.164. The van der Waals surface area contributed by atoms with Crippen molar-refractivity contribution in [1.29, 1.82) is 0 Å². The molecule has 0 saturated heterocycles. The van der Waals surface area contributed by atoms with Crippen molar-refractivity contribution in [2.45, 2.75) is 32.9 Å². The Morgan fingerprint density at radius 2 is 2.13 bits per heavy atom. The summed E-state index contributed by atoms with van der Waals surface area (Å²) >= 11 is 1.66. The highest BCUT2D eigenvalue weighted by atomic mass is 32.1. The zero-order chi connectivity index (χ0) is 11.4. The second-order valence-electron chi connectivity index (χ2n) is 3.65. The summed E-state index contributed by atoms with van der Waals surface area (Å²) in [5, 5.41) is 22.1. The van der Waals surface area contributed by atoms with Crippen molar-refractivity contribution < 1.29 is 10.2 Å². The van der Waals surface area contributed by atoms with Gasteiger partial charge in [-0.1, -0.05) is 0 Å². The summed E-state index contributed by atoms with van der Waals surface area (Å²) < 4.78 is 0. The van der Waals surface area contributed by atoms with Gasteiger partial charge in [0.05, 0.1) is 23.4 Å². The largest absolute Gasteiger partial charge is 0.394 e. The number of rotatable bonds is 5. The third-order valence-electron chi connectivity index (χ3n) is 2.20. The maximum Gasteiger partial charge on any atom is 0.0900 e. The highest BCUT2D eigenvalue weighted by molar-refractivity contribution is 7.11. The number of hydrogen-bond acceptors (Lipinski definition) is 5. The normalized spacial score (nSPS) is 15.3. The predicted molar refractivity (Wildman–Crippen MR) is 61.1 cm³/mol. The number of aromatic nitrogens is 1. The Balaban J connectivity index is 2.53. The quantitative estimate of drug-likeness (QED) is 0.699. The Morgan fingerprint density at radius 3 is 2.60 bits per heavy atom. The molecule has 3 N–H and O–H groups in total. The molecule has 0 radical (unpaired) electrons. The summed E-state index contributed by atoms with van der Waals surface area (Å²) in [6, 6.07) is 0.164. The van der Waals surface area contributed by atoms with Crippen LogP contribution >= 0.6 is 11.3 Å². The van der Waals surface area contributed by atoms with E-state index in [1.54, 1.807) is 11.3 Å². The molecule has 1 unspecified atom stereocenters. The van der Waals surface area contributed by atoms with Crippen molar-refractivity contribution in [2.75, 3.05) is 13.2 Å². The van der Waals surface area contributed by atoms with E-state index in [0.717, 1.165) is 10.7 Å². The van der Waals surface area contributed by atoms with Gasteiger partial charge in [0.25, 0.3) is 0 Å². The summed E-state index contributed by atoms with van der Waals surface area (Å²) in [4.78, 5) is 5.54.